The van der Waals surface area contributed by atoms with E-state index in [-0.39, 0.29) is 6.04 Å². The molecule has 106 valence electrons. The van der Waals surface area contributed by atoms with Crippen LogP contribution in [0.4, 0.5) is 0 Å². The monoisotopic (exact) mass is 269 g/mol. The molecule has 0 bridgehead atoms. The summed E-state index contributed by atoms with van der Waals surface area (Å²) in [4.78, 5) is 0. The zero-order chi connectivity index (χ0) is 14.1. The Labute approximate surface area is 121 Å². The van der Waals surface area contributed by atoms with Crippen LogP contribution < -0.4 is 5.32 Å². The van der Waals surface area contributed by atoms with Gasteiger partial charge in [-0.25, -0.2) is 0 Å². The Balaban J connectivity index is 1.87. The summed E-state index contributed by atoms with van der Waals surface area (Å²) in [7, 11) is 4.00. The molecular formula is C17H23N3. The van der Waals surface area contributed by atoms with Gasteiger partial charge in [0, 0.05) is 18.3 Å². The minimum Gasteiger partial charge on any atom is -0.309 e. The fourth-order valence-corrected chi connectivity index (χ4v) is 3.00. The summed E-state index contributed by atoms with van der Waals surface area (Å²) in [6.45, 7) is 2.12. The Bertz CT molecular complexity index is 579. The van der Waals surface area contributed by atoms with Gasteiger partial charge < -0.3 is 5.32 Å². The van der Waals surface area contributed by atoms with E-state index in [0.717, 1.165) is 5.92 Å². The van der Waals surface area contributed by atoms with Gasteiger partial charge in [-0.05, 0) is 43.9 Å². The van der Waals surface area contributed by atoms with Gasteiger partial charge >= 0.3 is 0 Å². The predicted molar refractivity (Wildman–Crippen MR) is 81.9 cm³/mol. The van der Waals surface area contributed by atoms with Gasteiger partial charge in [0.2, 0.25) is 0 Å². The molecule has 3 rings (SSSR count). The van der Waals surface area contributed by atoms with E-state index in [0.29, 0.717) is 0 Å². The number of nitrogens with one attached hydrogen (secondary N) is 1. The zero-order valence-electron chi connectivity index (χ0n) is 12.6. The van der Waals surface area contributed by atoms with Crippen molar-refractivity contribution in [3.63, 3.8) is 0 Å². The molecule has 1 aromatic heterocycles. The molecule has 0 amide bonds. The average molecular weight is 269 g/mol. The Morgan fingerprint density at radius 1 is 1.25 bits per heavy atom. The third-order valence-corrected chi connectivity index (χ3v) is 4.72. The molecule has 1 unspecified atom stereocenters. The number of nitrogens with zero attached hydrogens (tertiary/aromatic N) is 2. The molecule has 1 aliphatic rings. The normalized spacial score (nSPS) is 16.9. The number of benzene rings is 1. The van der Waals surface area contributed by atoms with Gasteiger partial charge in [0.25, 0.3) is 0 Å². The largest absolute Gasteiger partial charge is 0.309 e. The molecule has 1 atom stereocenters. The Morgan fingerprint density at radius 3 is 2.40 bits per heavy atom. The first-order valence-electron chi connectivity index (χ1n) is 7.46. The molecule has 0 aliphatic heterocycles. The molecule has 1 heterocycles. The van der Waals surface area contributed by atoms with Crippen LogP contribution in [0.3, 0.4) is 0 Å². The van der Waals surface area contributed by atoms with Crippen LogP contribution >= 0.6 is 0 Å². The van der Waals surface area contributed by atoms with E-state index in [1.807, 2.05) is 25.0 Å². The van der Waals surface area contributed by atoms with Gasteiger partial charge in [0.15, 0.2) is 0 Å². The molecule has 3 heteroatoms. The highest BCUT2D eigenvalue weighted by atomic mass is 15.3. The number of aromatic nitrogens is 2. The maximum atomic E-state index is 4.36. The van der Waals surface area contributed by atoms with Crippen LogP contribution in [-0.2, 0) is 7.05 Å². The van der Waals surface area contributed by atoms with Crippen molar-refractivity contribution in [2.24, 2.45) is 7.05 Å². The smallest absolute Gasteiger partial charge is 0.0608 e. The second kappa shape index (κ2) is 5.41. The summed E-state index contributed by atoms with van der Waals surface area (Å²) in [5.74, 6) is 0.803. The zero-order valence-corrected chi connectivity index (χ0v) is 12.6. The first-order chi connectivity index (χ1) is 9.70. The third kappa shape index (κ3) is 2.27. The van der Waals surface area contributed by atoms with E-state index in [4.69, 9.17) is 0 Å². The van der Waals surface area contributed by atoms with Gasteiger partial charge in [-0.2, -0.15) is 5.10 Å². The number of rotatable bonds is 4. The van der Waals surface area contributed by atoms with Crippen molar-refractivity contribution in [3.05, 3.63) is 52.8 Å². The Morgan fingerprint density at radius 2 is 1.95 bits per heavy atom. The molecule has 20 heavy (non-hydrogen) atoms. The van der Waals surface area contributed by atoms with Crippen molar-refractivity contribution in [2.75, 3.05) is 7.05 Å². The second-order valence-electron chi connectivity index (χ2n) is 5.83. The molecule has 1 aliphatic carbocycles. The Hall–Kier alpha value is -1.61. The van der Waals surface area contributed by atoms with Crippen LogP contribution in [0.25, 0.3) is 0 Å². The topological polar surface area (TPSA) is 29.9 Å². The molecule has 0 saturated heterocycles. The molecule has 0 radical (unpaired) electrons. The van der Waals surface area contributed by atoms with E-state index in [1.165, 1.54) is 41.6 Å². The molecule has 1 saturated carbocycles. The third-order valence-electron chi connectivity index (χ3n) is 4.72. The van der Waals surface area contributed by atoms with Gasteiger partial charge in [0.1, 0.15) is 0 Å². The number of hydrogen-bond acceptors (Lipinski definition) is 2. The number of aryl methyl sites for hydroxylation is 1. The van der Waals surface area contributed by atoms with Gasteiger partial charge in [-0.1, -0.05) is 30.7 Å². The summed E-state index contributed by atoms with van der Waals surface area (Å²) < 4.78 is 1.93. The highest BCUT2D eigenvalue weighted by Crippen LogP contribution is 2.36. The van der Waals surface area contributed by atoms with E-state index in [2.05, 4.69) is 41.6 Å². The second-order valence-corrected chi connectivity index (χ2v) is 5.83. The van der Waals surface area contributed by atoms with Crippen LogP contribution in [0.5, 0.6) is 0 Å². The minimum atomic E-state index is 0.221. The van der Waals surface area contributed by atoms with Crippen molar-refractivity contribution in [3.8, 4) is 0 Å². The maximum Gasteiger partial charge on any atom is 0.0608 e. The molecule has 0 spiro atoms. The SMILES string of the molecule is CNC(c1ccc(C2CCC2)cc1)c1cnn(C)c1C. The quantitative estimate of drug-likeness (QED) is 0.923. The fourth-order valence-electron chi connectivity index (χ4n) is 3.00. The van der Waals surface area contributed by atoms with E-state index in [1.54, 1.807) is 0 Å². The van der Waals surface area contributed by atoms with Crippen LogP contribution in [0.1, 0.15) is 53.6 Å². The van der Waals surface area contributed by atoms with Crippen LogP contribution in [-0.4, -0.2) is 16.8 Å². The minimum absolute atomic E-state index is 0.221. The van der Waals surface area contributed by atoms with Crippen molar-refractivity contribution < 1.29 is 0 Å². The van der Waals surface area contributed by atoms with Crippen molar-refractivity contribution in [2.45, 2.75) is 38.1 Å². The Kier molecular flexibility index (Phi) is 3.62. The van der Waals surface area contributed by atoms with Gasteiger partial charge in [0.05, 0.1) is 12.2 Å². The summed E-state index contributed by atoms with van der Waals surface area (Å²) in [5.41, 5.74) is 5.28. The summed E-state index contributed by atoms with van der Waals surface area (Å²) in [6.07, 6.45) is 6.07. The molecule has 3 nitrogen and oxygen atoms in total. The first kappa shape index (κ1) is 13.4. The lowest BCUT2D eigenvalue weighted by Gasteiger charge is -2.26. The maximum absolute atomic E-state index is 4.36. The summed E-state index contributed by atoms with van der Waals surface area (Å²) in [5, 5.41) is 7.77. The predicted octanol–water partition coefficient (Wildman–Crippen LogP) is 3.30. The standard InChI is InChI=1S/C17H23N3/c1-12-16(11-19-20(12)3)17(18-2)15-9-7-14(8-10-15)13-5-4-6-13/h7-11,13,17-18H,4-6H2,1-3H3. The number of hydrogen-bond donors (Lipinski definition) is 1. The van der Waals surface area contributed by atoms with Crippen molar-refractivity contribution >= 4 is 0 Å². The van der Waals surface area contributed by atoms with Crippen LogP contribution in [0, 0.1) is 6.92 Å². The van der Waals surface area contributed by atoms with E-state index >= 15 is 0 Å². The first-order valence-corrected chi connectivity index (χ1v) is 7.46. The molecule has 1 fully saturated rings. The molecule has 2 aromatic rings. The lowest BCUT2D eigenvalue weighted by Crippen LogP contribution is -2.18. The van der Waals surface area contributed by atoms with Crippen molar-refractivity contribution in [1.82, 2.24) is 15.1 Å². The average Bonchev–Trinajstić information content (AvgIpc) is 2.72. The summed E-state index contributed by atoms with van der Waals surface area (Å²) >= 11 is 0. The van der Waals surface area contributed by atoms with Crippen LogP contribution in [0.2, 0.25) is 0 Å². The lowest BCUT2D eigenvalue weighted by atomic mass is 9.79. The highest BCUT2D eigenvalue weighted by molar-refractivity contribution is 5.35. The van der Waals surface area contributed by atoms with Crippen molar-refractivity contribution in [1.29, 1.82) is 0 Å². The molecule has 1 aromatic carbocycles. The molecule has 1 N–H and O–H groups in total. The van der Waals surface area contributed by atoms with E-state index in [9.17, 15) is 0 Å². The van der Waals surface area contributed by atoms with Gasteiger partial charge in [-0.3, -0.25) is 4.68 Å². The summed E-state index contributed by atoms with van der Waals surface area (Å²) in [6, 6.07) is 9.35. The van der Waals surface area contributed by atoms with Gasteiger partial charge in [-0.15, -0.1) is 0 Å². The highest BCUT2D eigenvalue weighted by Gasteiger charge is 2.21. The lowest BCUT2D eigenvalue weighted by molar-refractivity contribution is 0.419. The molecular weight excluding hydrogens is 246 g/mol. The fraction of sp³-hybridized carbons (Fsp3) is 0.471. The van der Waals surface area contributed by atoms with Crippen LogP contribution in [0.15, 0.2) is 30.5 Å². The van der Waals surface area contributed by atoms with E-state index < -0.39 is 0 Å².